The van der Waals surface area contributed by atoms with E-state index >= 15 is 0 Å². The Kier molecular flexibility index (Phi) is 5.65. The summed E-state index contributed by atoms with van der Waals surface area (Å²) >= 11 is 0. The molecule has 0 bridgehead atoms. The van der Waals surface area contributed by atoms with E-state index in [-0.39, 0.29) is 24.7 Å². The van der Waals surface area contributed by atoms with Crippen LogP contribution in [0.25, 0.3) is 0 Å². The lowest BCUT2D eigenvalue weighted by molar-refractivity contribution is -0.126. The number of aliphatic hydroxyl groups is 1. The van der Waals surface area contributed by atoms with Crippen LogP contribution in [-0.2, 0) is 16.1 Å². The lowest BCUT2D eigenvalue weighted by atomic mass is 10.1. The van der Waals surface area contributed by atoms with Crippen molar-refractivity contribution in [3.63, 3.8) is 0 Å². The highest BCUT2D eigenvalue weighted by atomic mass is 16.5. The lowest BCUT2D eigenvalue weighted by Crippen LogP contribution is -2.41. The number of benzene rings is 1. The maximum atomic E-state index is 11.8. The molecule has 1 aliphatic carbocycles. The molecule has 1 aromatic carbocycles. The first-order valence-corrected chi connectivity index (χ1v) is 8.51. The Morgan fingerprint density at radius 1 is 1.30 bits per heavy atom. The second kappa shape index (κ2) is 7.90. The summed E-state index contributed by atoms with van der Waals surface area (Å²) in [6, 6.07) is 10.4. The molecule has 2 aliphatic rings. The van der Waals surface area contributed by atoms with Gasteiger partial charge in [0.15, 0.2) is 0 Å². The topological polar surface area (TPSA) is 61.8 Å². The van der Waals surface area contributed by atoms with Gasteiger partial charge in [-0.3, -0.25) is 9.69 Å². The molecule has 2 unspecified atom stereocenters. The van der Waals surface area contributed by atoms with Gasteiger partial charge in [0.25, 0.3) is 0 Å². The lowest BCUT2D eigenvalue weighted by Gasteiger charge is -2.24. The maximum Gasteiger partial charge on any atom is 0.246 e. The van der Waals surface area contributed by atoms with E-state index in [0.717, 1.165) is 6.54 Å². The SMILES string of the molecule is O=C(COCC1CC1)NCC1CC(O)CN1Cc1ccccc1. The van der Waals surface area contributed by atoms with Crippen molar-refractivity contribution in [2.45, 2.75) is 38.0 Å². The quantitative estimate of drug-likeness (QED) is 0.755. The molecule has 2 N–H and O–H groups in total. The second-order valence-corrected chi connectivity index (χ2v) is 6.72. The van der Waals surface area contributed by atoms with Crippen LogP contribution in [0.5, 0.6) is 0 Å². The maximum absolute atomic E-state index is 11.8. The van der Waals surface area contributed by atoms with Gasteiger partial charge in [-0.15, -0.1) is 0 Å². The number of hydrogen-bond acceptors (Lipinski definition) is 4. The van der Waals surface area contributed by atoms with Crippen molar-refractivity contribution >= 4 is 5.91 Å². The highest BCUT2D eigenvalue weighted by Crippen LogP contribution is 2.28. The minimum Gasteiger partial charge on any atom is -0.392 e. The average Bonchev–Trinajstić information content (AvgIpc) is 3.30. The van der Waals surface area contributed by atoms with Crippen LogP contribution < -0.4 is 5.32 Å². The molecule has 3 rings (SSSR count). The van der Waals surface area contributed by atoms with Crippen molar-refractivity contribution in [2.75, 3.05) is 26.3 Å². The highest BCUT2D eigenvalue weighted by Gasteiger charge is 2.31. The molecule has 1 amide bonds. The van der Waals surface area contributed by atoms with Gasteiger partial charge in [0.1, 0.15) is 6.61 Å². The van der Waals surface area contributed by atoms with Crippen molar-refractivity contribution in [1.82, 2.24) is 10.2 Å². The van der Waals surface area contributed by atoms with Crippen LogP contribution in [0.15, 0.2) is 30.3 Å². The van der Waals surface area contributed by atoms with E-state index in [4.69, 9.17) is 4.74 Å². The Bertz CT molecular complexity index is 504. The van der Waals surface area contributed by atoms with E-state index < -0.39 is 0 Å². The monoisotopic (exact) mass is 318 g/mol. The zero-order valence-corrected chi connectivity index (χ0v) is 13.5. The van der Waals surface area contributed by atoms with Crippen molar-refractivity contribution < 1.29 is 14.6 Å². The summed E-state index contributed by atoms with van der Waals surface area (Å²) in [5, 5.41) is 12.9. The first-order chi connectivity index (χ1) is 11.2. The molecule has 0 aromatic heterocycles. The zero-order chi connectivity index (χ0) is 16.1. The van der Waals surface area contributed by atoms with Crippen LogP contribution in [0, 0.1) is 5.92 Å². The fourth-order valence-electron chi connectivity index (χ4n) is 3.07. The number of carbonyl (C=O) groups excluding carboxylic acids is 1. The molecule has 5 heteroatoms. The summed E-state index contributed by atoms with van der Waals surface area (Å²) < 4.78 is 5.40. The fraction of sp³-hybridized carbons (Fsp3) is 0.611. The smallest absolute Gasteiger partial charge is 0.246 e. The molecule has 2 fully saturated rings. The van der Waals surface area contributed by atoms with Crippen molar-refractivity contribution in [3.8, 4) is 0 Å². The predicted molar refractivity (Wildman–Crippen MR) is 87.8 cm³/mol. The van der Waals surface area contributed by atoms with Crippen LogP contribution in [0.3, 0.4) is 0 Å². The molecule has 1 aromatic rings. The first-order valence-electron chi connectivity index (χ1n) is 8.51. The molecule has 126 valence electrons. The second-order valence-electron chi connectivity index (χ2n) is 6.72. The van der Waals surface area contributed by atoms with E-state index in [1.165, 1.54) is 18.4 Å². The summed E-state index contributed by atoms with van der Waals surface area (Å²) in [7, 11) is 0. The third-order valence-electron chi connectivity index (χ3n) is 4.55. The highest BCUT2D eigenvalue weighted by molar-refractivity contribution is 5.77. The van der Waals surface area contributed by atoms with Crippen LogP contribution in [-0.4, -0.2) is 54.4 Å². The predicted octanol–water partition coefficient (Wildman–Crippen LogP) is 1.16. The van der Waals surface area contributed by atoms with E-state index in [2.05, 4.69) is 22.3 Å². The molecular formula is C18H26N2O3. The Labute approximate surface area is 137 Å². The first kappa shape index (κ1) is 16.4. The van der Waals surface area contributed by atoms with Crippen molar-refractivity contribution in [2.24, 2.45) is 5.92 Å². The molecule has 1 aliphatic heterocycles. The van der Waals surface area contributed by atoms with Crippen molar-refractivity contribution in [3.05, 3.63) is 35.9 Å². The zero-order valence-electron chi connectivity index (χ0n) is 13.5. The Balaban J connectivity index is 1.42. The fourth-order valence-corrected chi connectivity index (χ4v) is 3.07. The number of ether oxygens (including phenoxy) is 1. The number of nitrogens with one attached hydrogen (secondary N) is 1. The molecule has 1 saturated heterocycles. The molecule has 23 heavy (non-hydrogen) atoms. The average molecular weight is 318 g/mol. The number of likely N-dealkylation sites (tertiary alicyclic amines) is 1. The van der Waals surface area contributed by atoms with Gasteiger partial charge in [0.2, 0.25) is 5.91 Å². The van der Waals surface area contributed by atoms with Crippen LogP contribution in [0.1, 0.15) is 24.8 Å². The van der Waals surface area contributed by atoms with Gasteiger partial charge >= 0.3 is 0 Å². The summed E-state index contributed by atoms with van der Waals surface area (Å²) in [5.74, 6) is 0.612. The normalized spacial score (nSPS) is 24.7. The van der Waals surface area contributed by atoms with Gasteiger partial charge in [0.05, 0.1) is 12.7 Å². The van der Waals surface area contributed by atoms with E-state index in [1.54, 1.807) is 0 Å². The van der Waals surface area contributed by atoms with Crippen molar-refractivity contribution in [1.29, 1.82) is 0 Å². The molecule has 0 spiro atoms. The molecule has 1 saturated carbocycles. The van der Waals surface area contributed by atoms with Gasteiger partial charge in [-0.2, -0.15) is 0 Å². The molecule has 2 atom stereocenters. The van der Waals surface area contributed by atoms with Crippen LogP contribution in [0.4, 0.5) is 0 Å². The largest absolute Gasteiger partial charge is 0.392 e. The third-order valence-corrected chi connectivity index (χ3v) is 4.55. The standard InChI is InChI=1S/C18H26N2O3/c21-17-8-16(9-19-18(22)13-23-12-15-6-7-15)20(11-17)10-14-4-2-1-3-5-14/h1-5,15-17,21H,6-13H2,(H,19,22). The van der Waals surface area contributed by atoms with Gasteiger partial charge in [-0.25, -0.2) is 0 Å². The molecule has 1 heterocycles. The Hall–Kier alpha value is -1.43. The number of amides is 1. The Morgan fingerprint density at radius 3 is 2.83 bits per heavy atom. The molecule has 5 nitrogen and oxygen atoms in total. The summed E-state index contributed by atoms with van der Waals surface area (Å²) in [6.45, 7) is 2.87. The van der Waals surface area contributed by atoms with E-state index in [9.17, 15) is 9.90 Å². The number of hydrogen-bond donors (Lipinski definition) is 2. The number of β-amino-alcohol motifs (C(OH)–C–C–N with tert-alkyl or cyclic N) is 1. The van der Waals surface area contributed by atoms with Gasteiger partial charge in [-0.05, 0) is 30.7 Å². The minimum atomic E-state index is -0.313. The van der Waals surface area contributed by atoms with Gasteiger partial charge in [0, 0.05) is 25.7 Å². The van der Waals surface area contributed by atoms with E-state index in [1.807, 2.05) is 18.2 Å². The molecule has 0 radical (unpaired) electrons. The number of aliphatic hydroxyl groups excluding tert-OH is 1. The number of rotatable bonds is 8. The van der Waals surface area contributed by atoms with Gasteiger partial charge < -0.3 is 15.2 Å². The minimum absolute atomic E-state index is 0.0632. The summed E-state index contributed by atoms with van der Waals surface area (Å²) in [5.41, 5.74) is 1.23. The summed E-state index contributed by atoms with van der Waals surface area (Å²) in [6.07, 6.45) is 2.86. The van der Waals surface area contributed by atoms with Gasteiger partial charge in [-0.1, -0.05) is 30.3 Å². The molecular weight excluding hydrogens is 292 g/mol. The van der Waals surface area contributed by atoms with Crippen LogP contribution in [0.2, 0.25) is 0 Å². The summed E-state index contributed by atoms with van der Waals surface area (Å²) in [4.78, 5) is 14.1. The number of carbonyl (C=O) groups is 1. The third kappa shape index (κ3) is 5.30. The Morgan fingerprint density at radius 2 is 2.09 bits per heavy atom. The van der Waals surface area contributed by atoms with E-state index in [0.29, 0.717) is 32.0 Å². The van der Waals surface area contributed by atoms with Crippen LogP contribution >= 0.6 is 0 Å². The number of nitrogens with zero attached hydrogens (tertiary/aromatic N) is 1.